The van der Waals surface area contributed by atoms with Crippen LogP contribution in [0.5, 0.6) is 0 Å². The Morgan fingerprint density at radius 1 is 1.15 bits per heavy atom. The van der Waals surface area contributed by atoms with Crippen LogP contribution in [0.25, 0.3) is 0 Å². The summed E-state index contributed by atoms with van der Waals surface area (Å²) in [4.78, 5) is 0.440. The number of rotatable bonds is 2. The van der Waals surface area contributed by atoms with E-state index in [1.54, 1.807) is 10.4 Å². The minimum absolute atomic E-state index is 0.0111. The predicted molar refractivity (Wildman–Crippen MR) is 80.6 cm³/mol. The molecule has 1 aromatic rings. The van der Waals surface area contributed by atoms with Crippen molar-refractivity contribution in [1.29, 1.82) is 0 Å². The van der Waals surface area contributed by atoms with Crippen LogP contribution in [-0.2, 0) is 15.4 Å². The molecule has 2 aliphatic rings. The van der Waals surface area contributed by atoms with Crippen LogP contribution in [0.1, 0.15) is 38.7 Å². The van der Waals surface area contributed by atoms with Crippen LogP contribution in [0.4, 0.5) is 5.69 Å². The van der Waals surface area contributed by atoms with Gasteiger partial charge in [-0.05, 0) is 36.6 Å². The lowest BCUT2D eigenvalue weighted by Crippen LogP contribution is -2.35. The highest BCUT2D eigenvalue weighted by atomic mass is 32.2. The van der Waals surface area contributed by atoms with Crippen LogP contribution in [0.15, 0.2) is 23.1 Å². The van der Waals surface area contributed by atoms with Crippen LogP contribution in [0.3, 0.4) is 0 Å². The third-order valence-electron chi connectivity index (χ3n) is 4.39. The molecule has 0 unspecified atom stereocenters. The molecule has 1 N–H and O–H groups in total. The minimum Gasteiger partial charge on any atom is -0.384 e. The monoisotopic (exact) mass is 294 g/mol. The molecule has 0 aliphatic carbocycles. The zero-order chi connectivity index (χ0) is 14.4. The van der Waals surface area contributed by atoms with E-state index in [1.807, 2.05) is 12.1 Å². The molecule has 0 saturated carbocycles. The highest BCUT2D eigenvalue weighted by molar-refractivity contribution is 7.89. The Balaban J connectivity index is 1.99. The lowest BCUT2D eigenvalue weighted by Gasteiger charge is -2.26. The molecule has 3 rings (SSSR count). The van der Waals surface area contributed by atoms with Crippen molar-refractivity contribution in [3.63, 3.8) is 0 Å². The van der Waals surface area contributed by atoms with E-state index in [1.165, 1.54) is 0 Å². The van der Waals surface area contributed by atoms with Gasteiger partial charge in [0.1, 0.15) is 0 Å². The van der Waals surface area contributed by atoms with Gasteiger partial charge in [0, 0.05) is 30.7 Å². The van der Waals surface area contributed by atoms with Gasteiger partial charge >= 0.3 is 0 Å². The normalized spacial score (nSPS) is 22.3. The Labute approximate surface area is 121 Å². The van der Waals surface area contributed by atoms with Crippen molar-refractivity contribution in [1.82, 2.24) is 4.31 Å². The fourth-order valence-electron chi connectivity index (χ4n) is 3.06. The second kappa shape index (κ2) is 4.74. The number of benzene rings is 1. The van der Waals surface area contributed by atoms with E-state index in [2.05, 4.69) is 19.2 Å². The van der Waals surface area contributed by atoms with Crippen molar-refractivity contribution >= 4 is 15.7 Å². The van der Waals surface area contributed by atoms with Gasteiger partial charge in [-0.3, -0.25) is 0 Å². The van der Waals surface area contributed by atoms with Crippen LogP contribution in [0.2, 0.25) is 0 Å². The number of hydrogen-bond donors (Lipinski definition) is 1. The van der Waals surface area contributed by atoms with Crippen LogP contribution in [0, 0.1) is 0 Å². The van der Waals surface area contributed by atoms with Gasteiger partial charge in [0.2, 0.25) is 10.0 Å². The largest absolute Gasteiger partial charge is 0.384 e. The highest BCUT2D eigenvalue weighted by Crippen LogP contribution is 2.38. The van der Waals surface area contributed by atoms with E-state index in [0.717, 1.165) is 37.1 Å². The lowest BCUT2D eigenvalue weighted by molar-refractivity contribution is 0.346. The van der Waals surface area contributed by atoms with E-state index in [4.69, 9.17) is 0 Å². The second-order valence-corrected chi connectivity index (χ2v) is 8.35. The Morgan fingerprint density at radius 2 is 1.85 bits per heavy atom. The standard InChI is InChI=1S/C15H22N2O2S/c1-15(2)11-16-14-7-6-12(10-13(14)15)20(18,19)17-8-4-3-5-9-17/h6-7,10,16H,3-5,8-9,11H2,1-2H3. The first-order valence-corrected chi connectivity index (χ1v) is 8.74. The maximum Gasteiger partial charge on any atom is 0.243 e. The summed E-state index contributed by atoms with van der Waals surface area (Å²) >= 11 is 0. The van der Waals surface area contributed by atoms with Crippen LogP contribution >= 0.6 is 0 Å². The molecule has 0 aromatic heterocycles. The Kier molecular flexibility index (Phi) is 3.29. The summed E-state index contributed by atoms with van der Waals surface area (Å²) in [6.45, 7) is 6.45. The van der Waals surface area contributed by atoms with Gasteiger partial charge in [-0.2, -0.15) is 4.31 Å². The molecule has 0 amide bonds. The second-order valence-electron chi connectivity index (χ2n) is 6.41. The molecule has 1 aromatic carbocycles. The third-order valence-corrected chi connectivity index (χ3v) is 6.29. The zero-order valence-electron chi connectivity index (χ0n) is 12.1. The number of fused-ring (bicyclic) bond motifs is 1. The number of hydrogen-bond acceptors (Lipinski definition) is 3. The summed E-state index contributed by atoms with van der Waals surface area (Å²) in [5, 5.41) is 3.34. The van der Waals surface area contributed by atoms with E-state index < -0.39 is 10.0 Å². The third kappa shape index (κ3) is 2.23. The quantitative estimate of drug-likeness (QED) is 0.912. The van der Waals surface area contributed by atoms with Gasteiger partial charge in [-0.15, -0.1) is 0 Å². The summed E-state index contributed by atoms with van der Waals surface area (Å²) < 4.78 is 27.0. The van der Waals surface area contributed by atoms with Gasteiger partial charge < -0.3 is 5.32 Å². The Bertz CT molecular complexity index is 617. The summed E-state index contributed by atoms with van der Waals surface area (Å²) in [6.07, 6.45) is 3.07. The molecule has 2 heterocycles. The maximum absolute atomic E-state index is 12.7. The molecule has 0 bridgehead atoms. The fourth-order valence-corrected chi connectivity index (χ4v) is 4.61. The number of sulfonamides is 1. The zero-order valence-corrected chi connectivity index (χ0v) is 13.0. The first-order valence-electron chi connectivity index (χ1n) is 7.30. The molecular formula is C15H22N2O2S. The fraction of sp³-hybridized carbons (Fsp3) is 0.600. The van der Waals surface area contributed by atoms with Gasteiger partial charge in [-0.25, -0.2) is 8.42 Å². The molecule has 1 fully saturated rings. The van der Waals surface area contributed by atoms with Gasteiger partial charge in [0.15, 0.2) is 0 Å². The van der Waals surface area contributed by atoms with E-state index in [9.17, 15) is 8.42 Å². The average molecular weight is 294 g/mol. The molecule has 110 valence electrons. The van der Waals surface area contributed by atoms with Gasteiger partial charge in [0.25, 0.3) is 0 Å². The van der Waals surface area contributed by atoms with E-state index >= 15 is 0 Å². The molecular weight excluding hydrogens is 272 g/mol. The minimum atomic E-state index is -3.33. The first kappa shape index (κ1) is 13.9. The number of nitrogens with zero attached hydrogens (tertiary/aromatic N) is 1. The van der Waals surface area contributed by atoms with Crippen molar-refractivity contribution in [2.45, 2.75) is 43.4 Å². The molecule has 20 heavy (non-hydrogen) atoms. The highest BCUT2D eigenvalue weighted by Gasteiger charge is 2.32. The Hall–Kier alpha value is -1.07. The molecule has 4 nitrogen and oxygen atoms in total. The lowest BCUT2D eigenvalue weighted by atomic mass is 9.87. The number of anilines is 1. The van der Waals surface area contributed by atoms with Gasteiger partial charge in [0.05, 0.1) is 4.90 Å². The topological polar surface area (TPSA) is 49.4 Å². The van der Waals surface area contributed by atoms with Gasteiger partial charge in [-0.1, -0.05) is 20.3 Å². The van der Waals surface area contributed by atoms with Crippen LogP contribution in [-0.4, -0.2) is 32.4 Å². The molecule has 2 aliphatic heterocycles. The van der Waals surface area contributed by atoms with E-state index in [0.29, 0.717) is 18.0 Å². The molecule has 0 spiro atoms. The molecule has 0 atom stereocenters. The van der Waals surface area contributed by atoms with Crippen molar-refractivity contribution in [2.24, 2.45) is 0 Å². The molecule has 5 heteroatoms. The van der Waals surface area contributed by atoms with Crippen molar-refractivity contribution in [2.75, 3.05) is 25.0 Å². The molecule has 0 radical (unpaired) electrons. The average Bonchev–Trinajstić information content (AvgIpc) is 2.75. The molecule has 1 saturated heterocycles. The smallest absolute Gasteiger partial charge is 0.243 e. The van der Waals surface area contributed by atoms with Crippen molar-refractivity contribution in [3.8, 4) is 0 Å². The number of piperidine rings is 1. The number of nitrogens with one attached hydrogen (secondary N) is 1. The summed E-state index contributed by atoms with van der Waals surface area (Å²) in [5.41, 5.74) is 2.16. The van der Waals surface area contributed by atoms with Crippen LogP contribution < -0.4 is 5.32 Å². The van der Waals surface area contributed by atoms with Crippen molar-refractivity contribution in [3.05, 3.63) is 23.8 Å². The maximum atomic E-state index is 12.7. The SMILES string of the molecule is CC1(C)CNc2ccc(S(=O)(=O)N3CCCCC3)cc21. The summed E-state index contributed by atoms with van der Waals surface area (Å²) in [7, 11) is -3.33. The first-order chi connectivity index (χ1) is 9.41. The van der Waals surface area contributed by atoms with E-state index in [-0.39, 0.29) is 5.41 Å². The Morgan fingerprint density at radius 3 is 2.55 bits per heavy atom. The summed E-state index contributed by atoms with van der Waals surface area (Å²) in [6, 6.07) is 5.50. The van der Waals surface area contributed by atoms with Crippen molar-refractivity contribution < 1.29 is 8.42 Å². The summed E-state index contributed by atoms with van der Waals surface area (Å²) in [5.74, 6) is 0. The predicted octanol–water partition coefficient (Wildman–Crippen LogP) is 2.56.